The van der Waals surface area contributed by atoms with E-state index in [9.17, 15) is 4.79 Å². The molecule has 0 radical (unpaired) electrons. The first-order valence-corrected chi connectivity index (χ1v) is 8.34. The van der Waals surface area contributed by atoms with Crippen LogP contribution in [0.25, 0.3) is 11.3 Å². The molecule has 1 aliphatic rings. The lowest BCUT2D eigenvalue weighted by Crippen LogP contribution is -2.48. The van der Waals surface area contributed by atoms with Crippen molar-refractivity contribution in [1.82, 2.24) is 19.6 Å². The van der Waals surface area contributed by atoms with Crippen molar-refractivity contribution in [1.29, 1.82) is 0 Å². The molecule has 0 unspecified atom stereocenters. The molecule has 2 aromatic rings. The first-order chi connectivity index (χ1) is 11.3. The molecule has 1 aromatic carbocycles. The van der Waals surface area contributed by atoms with Crippen molar-refractivity contribution in [3.8, 4) is 11.3 Å². The second-order valence-corrected chi connectivity index (χ2v) is 6.02. The van der Waals surface area contributed by atoms with Gasteiger partial charge < -0.3 is 4.90 Å². The Bertz CT molecular complexity index is 675. The normalized spacial score (nSPS) is 16.6. The van der Waals surface area contributed by atoms with E-state index in [2.05, 4.69) is 21.8 Å². The number of benzene rings is 1. The lowest BCUT2D eigenvalue weighted by molar-refractivity contribution is 0.101. The quantitative estimate of drug-likeness (QED) is 0.845. The van der Waals surface area contributed by atoms with Gasteiger partial charge >= 0.3 is 0 Å². The summed E-state index contributed by atoms with van der Waals surface area (Å²) in [6, 6.07) is 13.4. The topological polar surface area (TPSA) is 41.4 Å². The highest BCUT2D eigenvalue weighted by Gasteiger charge is 2.17. The maximum atomic E-state index is 12.1. The molecule has 1 aliphatic heterocycles. The summed E-state index contributed by atoms with van der Waals surface area (Å²) in [6.45, 7) is 8.06. The highest BCUT2D eigenvalue weighted by Crippen LogP contribution is 2.14. The van der Waals surface area contributed by atoms with Crippen LogP contribution in [0.2, 0.25) is 0 Å². The number of rotatable bonds is 5. The molecular formula is C18H24N4O. The molecule has 5 heteroatoms. The first kappa shape index (κ1) is 15.9. The van der Waals surface area contributed by atoms with E-state index in [1.807, 2.05) is 30.3 Å². The summed E-state index contributed by atoms with van der Waals surface area (Å²) in [5.74, 6) is 0. The molecule has 3 rings (SSSR count). The van der Waals surface area contributed by atoms with Gasteiger partial charge in [0.05, 0.1) is 12.4 Å². The Balaban J connectivity index is 1.70. The molecule has 0 bridgehead atoms. The first-order valence-electron chi connectivity index (χ1n) is 8.34. The van der Waals surface area contributed by atoms with Crippen LogP contribution in [0, 0.1) is 0 Å². The minimum atomic E-state index is -0.0410. The number of piperazine rings is 1. The molecule has 1 fully saturated rings. The van der Waals surface area contributed by atoms with Crippen LogP contribution in [-0.2, 0) is 6.67 Å². The number of nitrogens with zero attached hydrogens (tertiary/aromatic N) is 4. The standard InChI is InChI=1S/C18H24N4O/c1-2-10-20-11-13-21(14-12-20)15-22-18(23)9-8-17(19-22)16-6-4-3-5-7-16/h3-9H,2,10-15H2,1H3. The Morgan fingerprint density at radius 3 is 2.35 bits per heavy atom. The van der Waals surface area contributed by atoms with Gasteiger partial charge in [-0.15, -0.1) is 0 Å². The van der Waals surface area contributed by atoms with Gasteiger partial charge in [-0.3, -0.25) is 9.69 Å². The second-order valence-electron chi connectivity index (χ2n) is 6.02. The van der Waals surface area contributed by atoms with Crippen molar-refractivity contribution in [3.05, 3.63) is 52.8 Å². The lowest BCUT2D eigenvalue weighted by Gasteiger charge is -2.34. The van der Waals surface area contributed by atoms with Gasteiger partial charge in [-0.05, 0) is 19.0 Å². The minimum absolute atomic E-state index is 0.0410. The van der Waals surface area contributed by atoms with Gasteiger partial charge in [-0.25, -0.2) is 4.68 Å². The van der Waals surface area contributed by atoms with Crippen LogP contribution in [0.15, 0.2) is 47.3 Å². The third kappa shape index (κ3) is 4.06. The lowest BCUT2D eigenvalue weighted by atomic mass is 10.1. The fourth-order valence-electron chi connectivity index (χ4n) is 2.97. The fourth-order valence-corrected chi connectivity index (χ4v) is 2.97. The van der Waals surface area contributed by atoms with E-state index in [0.29, 0.717) is 6.67 Å². The van der Waals surface area contributed by atoms with E-state index in [1.165, 1.54) is 6.42 Å². The Hall–Kier alpha value is -1.98. The Morgan fingerprint density at radius 2 is 1.65 bits per heavy atom. The van der Waals surface area contributed by atoms with Crippen LogP contribution in [0.4, 0.5) is 0 Å². The van der Waals surface area contributed by atoms with Crippen LogP contribution in [0.1, 0.15) is 13.3 Å². The summed E-state index contributed by atoms with van der Waals surface area (Å²) < 4.78 is 1.58. The summed E-state index contributed by atoms with van der Waals surface area (Å²) in [4.78, 5) is 16.9. The maximum absolute atomic E-state index is 12.1. The summed E-state index contributed by atoms with van der Waals surface area (Å²) in [7, 11) is 0. The monoisotopic (exact) mass is 312 g/mol. The smallest absolute Gasteiger partial charge is 0.268 e. The largest absolute Gasteiger partial charge is 0.301 e. The molecule has 122 valence electrons. The summed E-state index contributed by atoms with van der Waals surface area (Å²) in [5.41, 5.74) is 1.84. The van der Waals surface area contributed by atoms with E-state index >= 15 is 0 Å². The van der Waals surface area contributed by atoms with Crippen LogP contribution in [-0.4, -0.2) is 52.3 Å². The molecule has 5 nitrogen and oxygen atoms in total. The van der Waals surface area contributed by atoms with E-state index in [0.717, 1.165) is 44.0 Å². The van der Waals surface area contributed by atoms with E-state index in [1.54, 1.807) is 16.8 Å². The van der Waals surface area contributed by atoms with Gasteiger partial charge in [-0.2, -0.15) is 5.10 Å². The third-order valence-electron chi connectivity index (χ3n) is 4.27. The van der Waals surface area contributed by atoms with E-state index in [4.69, 9.17) is 0 Å². The Labute approximate surface area is 137 Å². The van der Waals surface area contributed by atoms with Crippen LogP contribution in [0.3, 0.4) is 0 Å². The van der Waals surface area contributed by atoms with E-state index in [-0.39, 0.29) is 5.56 Å². The van der Waals surface area contributed by atoms with Crippen molar-refractivity contribution < 1.29 is 0 Å². The third-order valence-corrected chi connectivity index (χ3v) is 4.27. The van der Waals surface area contributed by atoms with Crippen LogP contribution < -0.4 is 5.56 Å². The van der Waals surface area contributed by atoms with Gasteiger partial charge in [0, 0.05) is 37.8 Å². The van der Waals surface area contributed by atoms with Gasteiger partial charge in [0.25, 0.3) is 5.56 Å². The molecule has 0 N–H and O–H groups in total. The second kappa shape index (κ2) is 7.53. The molecule has 0 amide bonds. The maximum Gasteiger partial charge on any atom is 0.268 e. The highest BCUT2D eigenvalue weighted by molar-refractivity contribution is 5.57. The van der Waals surface area contributed by atoms with Gasteiger partial charge in [-0.1, -0.05) is 37.3 Å². The molecule has 0 aliphatic carbocycles. The summed E-state index contributed by atoms with van der Waals surface area (Å²) in [6.07, 6.45) is 1.19. The molecule has 0 spiro atoms. The van der Waals surface area contributed by atoms with Crippen molar-refractivity contribution in [3.63, 3.8) is 0 Å². The Morgan fingerprint density at radius 1 is 0.957 bits per heavy atom. The molecule has 23 heavy (non-hydrogen) atoms. The van der Waals surface area contributed by atoms with Crippen molar-refractivity contribution in [2.45, 2.75) is 20.0 Å². The number of hydrogen-bond acceptors (Lipinski definition) is 4. The summed E-state index contributed by atoms with van der Waals surface area (Å²) >= 11 is 0. The van der Waals surface area contributed by atoms with Crippen molar-refractivity contribution >= 4 is 0 Å². The van der Waals surface area contributed by atoms with Gasteiger partial charge in [0.2, 0.25) is 0 Å². The molecule has 2 heterocycles. The number of hydrogen-bond donors (Lipinski definition) is 0. The zero-order valence-corrected chi connectivity index (χ0v) is 13.7. The predicted octanol–water partition coefficient (Wildman–Crippen LogP) is 1.90. The predicted molar refractivity (Wildman–Crippen MR) is 92.2 cm³/mol. The zero-order valence-electron chi connectivity index (χ0n) is 13.7. The minimum Gasteiger partial charge on any atom is -0.301 e. The summed E-state index contributed by atoms with van der Waals surface area (Å²) in [5, 5.41) is 4.54. The Kier molecular flexibility index (Phi) is 5.20. The van der Waals surface area contributed by atoms with Crippen molar-refractivity contribution in [2.24, 2.45) is 0 Å². The van der Waals surface area contributed by atoms with Gasteiger partial charge in [0.15, 0.2) is 0 Å². The molecule has 0 atom stereocenters. The highest BCUT2D eigenvalue weighted by atomic mass is 16.1. The van der Waals surface area contributed by atoms with E-state index < -0.39 is 0 Å². The van der Waals surface area contributed by atoms with Crippen LogP contribution >= 0.6 is 0 Å². The number of aromatic nitrogens is 2. The molecule has 1 aromatic heterocycles. The van der Waals surface area contributed by atoms with Crippen LogP contribution in [0.5, 0.6) is 0 Å². The zero-order chi connectivity index (χ0) is 16.1. The van der Waals surface area contributed by atoms with Gasteiger partial charge in [0.1, 0.15) is 0 Å². The molecular weight excluding hydrogens is 288 g/mol. The average Bonchev–Trinajstić information content (AvgIpc) is 2.59. The van der Waals surface area contributed by atoms with Crippen molar-refractivity contribution in [2.75, 3.05) is 32.7 Å². The SMILES string of the molecule is CCCN1CCN(Cn2nc(-c3ccccc3)ccc2=O)CC1. The molecule has 1 saturated heterocycles. The fraction of sp³-hybridized carbons (Fsp3) is 0.444. The molecule has 0 saturated carbocycles. The average molecular weight is 312 g/mol.